The molecule has 0 spiro atoms. The molecule has 19 heavy (non-hydrogen) atoms. The van der Waals surface area contributed by atoms with Crippen molar-refractivity contribution in [2.75, 3.05) is 31.8 Å². The molecule has 0 aliphatic carbocycles. The van der Waals surface area contributed by atoms with Gasteiger partial charge in [0.2, 0.25) is 10.0 Å². The van der Waals surface area contributed by atoms with Crippen LogP contribution in [0.15, 0.2) is 12.4 Å². The molecule has 0 saturated carbocycles. The molecule has 10 heteroatoms. The molecule has 0 saturated heterocycles. The number of nitrogen functional groups attached to an aromatic ring is 1. The zero-order valence-corrected chi connectivity index (χ0v) is 11.4. The van der Waals surface area contributed by atoms with Gasteiger partial charge in [0.25, 0.3) is 5.91 Å². The van der Waals surface area contributed by atoms with Crippen molar-refractivity contribution in [2.45, 2.75) is 0 Å². The third-order valence-corrected chi connectivity index (χ3v) is 4.07. The summed E-state index contributed by atoms with van der Waals surface area (Å²) in [5.41, 5.74) is 2.36. The summed E-state index contributed by atoms with van der Waals surface area (Å²) in [5.74, 6) is 4.76. The van der Waals surface area contributed by atoms with E-state index in [1.165, 1.54) is 26.5 Å². The number of hydrogen-bond donors (Lipinski definition) is 3. The van der Waals surface area contributed by atoms with Gasteiger partial charge < -0.3 is 10.7 Å². The second-order valence-electron chi connectivity index (χ2n) is 3.79. The third kappa shape index (κ3) is 4.43. The van der Waals surface area contributed by atoms with Crippen LogP contribution in [-0.2, 0) is 10.0 Å². The Morgan fingerprint density at radius 3 is 2.53 bits per heavy atom. The summed E-state index contributed by atoms with van der Waals surface area (Å²) in [7, 11) is -0.467. The normalized spacial score (nSPS) is 11.4. The maximum atomic E-state index is 11.6. The Balaban J connectivity index is 2.52. The van der Waals surface area contributed by atoms with Crippen LogP contribution < -0.4 is 16.6 Å². The molecule has 0 aliphatic heterocycles. The Hall–Kier alpha value is -1.78. The number of rotatable bonds is 6. The first-order valence-corrected chi connectivity index (χ1v) is 6.95. The molecule has 0 unspecified atom stereocenters. The Kier molecular flexibility index (Phi) is 5.15. The second-order valence-corrected chi connectivity index (χ2v) is 6.09. The van der Waals surface area contributed by atoms with E-state index in [0.717, 1.165) is 4.31 Å². The van der Waals surface area contributed by atoms with Crippen LogP contribution >= 0.6 is 0 Å². The first-order valence-electron chi connectivity index (χ1n) is 5.34. The lowest BCUT2D eigenvalue weighted by molar-refractivity contribution is 0.0950. The highest BCUT2D eigenvalue weighted by Gasteiger charge is 2.14. The maximum absolute atomic E-state index is 11.6. The molecule has 0 aliphatic rings. The van der Waals surface area contributed by atoms with E-state index in [2.05, 4.69) is 20.7 Å². The summed E-state index contributed by atoms with van der Waals surface area (Å²) in [6.07, 6.45) is 2.54. The molecule has 1 rings (SSSR count). The molecule has 1 heterocycles. The van der Waals surface area contributed by atoms with Crippen molar-refractivity contribution in [2.24, 2.45) is 5.84 Å². The molecule has 0 bridgehead atoms. The van der Waals surface area contributed by atoms with E-state index >= 15 is 0 Å². The van der Waals surface area contributed by atoms with Crippen LogP contribution in [-0.4, -0.2) is 55.0 Å². The second kappa shape index (κ2) is 6.41. The van der Waals surface area contributed by atoms with Gasteiger partial charge in [-0.2, -0.15) is 0 Å². The van der Waals surface area contributed by atoms with Gasteiger partial charge >= 0.3 is 0 Å². The summed E-state index contributed by atoms with van der Waals surface area (Å²) in [6, 6.07) is 0. The molecule has 0 fully saturated rings. The number of nitrogens with one attached hydrogen (secondary N) is 2. The Labute approximate surface area is 111 Å². The van der Waals surface area contributed by atoms with Crippen molar-refractivity contribution in [3.05, 3.63) is 18.1 Å². The molecule has 0 atom stereocenters. The van der Waals surface area contributed by atoms with Gasteiger partial charge in [0.05, 0.1) is 18.1 Å². The largest absolute Gasteiger partial charge is 0.350 e. The van der Waals surface area contributed by atoms with Gasteiger partial charge in [0, 0.05) is 20.6 Å². The van der Waals surface area contributed by atoms with Gasteiger partial charge in [-0.15, -0.1) is 0 Å². The fourth-order valence-corrected chi connectivity index (χ4v) is 1.81. The Morgan fingerprint density at radius 2 is 2.05 bits per heavy atom. The molecule has 106 valence electrons. The predicted octanol–water partition coefficient (Wildman–Crippen LogP) is -1.62. The van der Waals surface area contributed by atoms with Crippen LogP contribution in [0.25, 0.3) is 0 Å². The van der Waals surface area contributed by atoms with Crippen molar-refractivity contribution < 1.29 is 13.2 Å². The van der Waals surface area contributed by atoms with Gasteiger partial charge in [0.1, 0.15) is 5.69 Å². The van der Waals surface area contributed by atoms with Gasteiger partial charge in [-0.1, -0.05) is 0 Å². The quantitative estimate of drug-likeness (QED) is 0.423. The zero-order valence-electron chi connectivity index (χ0n) is 10.6. The summed E-state index contributed by atoms with van der Waals surface area (Å²) in [6.45, 7) is -0.00207. The molecule has 9 nitrogen and oxygen atoms in total. The van der Waals surface area contributed by atoms with Crippen molar-refractivity contribution in [1.29, 1.82) is 0 Å². The number of nitrogens with zero attached hydrogens (tertiary/aromatic N) is 3. The highest BCUT2D eigenvalue weighted by molar-refractivity contribution is 7.89. The minimum absolute atomic E-state index is 0.00207. The van der Waals surface area contributed by atoms with Crippen molar-refractivity contribution in [3.8, 4) is 0 Å². The molecule has 1 aromatic heterocycles. The molecule has 1 aromatic rings. The van der Waals surface area contributed by atoms with Crippen molar-refractivity contribution in [3.63, 3.8) is 0 Å². The van der Waals surface area contributed by atoms with Gasteiger partial charge in [0.15, 0.2) is 5.82 Å². The summed E-state index contributed by atoms with van der Waals surface area (Å²) in [4.78, 5) is 19.3. The van der Waals surface area contributed by atoms with Gasteiger partial charge in [-0.3, -0.25) is 4.79 Å². The maximum Gasteiger partial charge on any atom is 0.271 e. The van der Waals surface area contributed by atoms with Crippen LogP contribution in [0, 0.1) is 0 Å². The standard InChI is InChI=1S/C9H16N6O3S/c1-15(2)19(17,18)4-3-11-9(16)7-5-13-8(14-10)6-12-7/h5-6H,3-4,10H2,1-2H3,(H,11,16)(H,13,14). The fourth-order valence-electron chi connectivity index (χ4n) is 1.09. The molecule has 4 N–H and O–H groups in total. The van der Waals surface area contributed by atoms with Crippen molar-refractivity contribution in [1.82, 2.24) is 19.6 Å². The van der Waals surface area contributed by atoms with Crippen LogP contribution in [0.4, 0.5) is 5.82 Å². The molecular weight excluding hydrogens is 272 g/mol. The summed E-state index contributed by atoms with van der Waals surface area (Å²) < 4.78 is 24.0. The Morgan fingerprint density at radius 1 is 1.37 bits per heavy atom. The number of sulfonamides is 1. The lowest BCUT2D eigenvalue weighted by Gasteiger charge is -2.11. The van der Waals surface area contributed by atoms with E-state index < -0.39 is 15.9 Å². The smallest absolute Gasteiger partial charge is 0.271 e. The van der Waals surface area contributed by atoms with Crippen LogP contribution in [0.5, 0.6) is 0 Å². The molecule has 0 radical (unpaired) electrons. The minimum atomic E-state index is -3.33. The topological polar surface area (TPSA) is 130 Å². The molecule has 0 aromatic carbocycles. The number of anilines is 1. The molecule has 1 amide bonds. The highest BCUT2D eigenvalue weighted by Crippen LogP contribution is 1.99. The Bertz CT molecular complexity index is 527. The van der Waals surface area contributed by atoms with Crippen LogP contribution in [0.2, 0.25) is 0 Å². The SMILES string of the molecule is CN(C)S(=O)(=O)CCNC(=O)c1cnc(NN)cn1. The first kappa shape index (κ1) is 15.3. The summed E-state index contributed by atoms with van der Waals surface area (Å²) >= 11 is 0. The van der Waals surface area contributed by atoms with Crippen LogP contribution in [0.1, 0.15) is 10.5 Å². The van der Waals surface area contributed by atoms with E-state index in [0.29, 0.717) is 5.82 Å². The zero-order chi connectivity index (χ0) is 14.5. The average Bonchev–Trinajstić information content (AvgIpc) is 2.38. The van der Waals surface area contributed by atoms with E-state index in [1.807, 2.05) is 0 Å². The predicted molar refractivity (Wildman–Crippen MR) is 69.6 cm³/mol. The number of hydrazine groups is 1. The first-order chi connectivity index (χ1) is 8.86. The third-order valence-electron chi connectivity index (χ3n) is 2.23. The van der Waals surface area contributed by atoms with Gasteiger partial charge in [-0.25, -0.2) is 28.5 Å². The van der Waals surface area contributed by atoms with E-state index in [4.69, 9.17) is 5.84 Å². The van der Waals surface area contributed by atoms with E-state index in [9.17, 15) is 13.2 Å². The minimum Gasteiger partial charge on any atom is -0.350 e. The number of amides is 1. The number of carbonyl (C=O) groups is 1. The number of carbonyl (C=O) groups excluding carboxylic acids is 1. The fraction of sp³-hybridized carbons (Fsp3) is 0.444. The molecular formula is C9H16N6O3S. The number of nitrogens with two attached hydrogens (primary N) is 1. The highest BCUT2D eigenvalue weighted by atomic mass is 32.2. The van der Waals surface area contributed by atoms with E-state index in [1.54, 1.807) is 0 Å². The average molecular weight is 288 g/mol. The summed E-state index contributed by atoms with van der Waals surface area (Å²) in [5, 5.41) is 2.45. The lowest BCUT2D eigenvalue weighted by atomic mass is 10.4. The van der Waals surface area contributed by atoms with E-state index in [-0.39, 0.29) is 18.0 Å². The monoisotopic (exact) mass is 288 g/mol. The van der Waals surface area contributed by atoms with Gasteiger partial charge in [-0.05, 0) is 0 Å². The lowest BCUT2D eigenvalue weighted by Crippen LogP contribution is -2.34. The number of hydrogen-bond acceptors (Lipinski definition) is 7. The van der Waals surface area contributed by atoms with Crippen molar-refractivity contribution >= 4 is 21.7 Å². The van der Waals surface area contributed by atoms with Crippen LogP contribution in [0.3, 0.4) is 0 Å². The number of aromatic nitrogens is 2.